The number of phenols is 1. The highest BCUT2D eigenvalue weighted by Gasteiger charge is 2.07. The van der Waals surface area contributed by atoms with Crippen molar-refractivity contribution >= 4 is 5.97 Å². The number of hydrogen-bond donors (Lipinski definition) is 1. The van der Waals surface area contributed by atoms with Crippen LogP contribution in [0.5, 0.6) is 5.75 Å². The highest BCUT2D eigenvalue weighted by Crippen LogP contribution is 2.10. The van der Waals surface area contributed by atoms with Gasteiger partial charge in [0.25, 0.3) is 0 Å². The van der Waals surface area contributed by atoms with Gasteiger partial charge in [-0.3, -0.25) is 4.79 Å². The van der Waals surface area contributed by atoms with Crippen LogP contribution in [0.15, 0.2) is 24.3 Å². The third-order valence-corrected chi connectivity index (χ3v) is 2.51. The summed E-state index contributed by atoms with van der Waals surface area (Å²) in [5.74, 6) is 0.395. The molecule has 0 aliphatic heterocycles. The lowest BCUT2D eigenvalue weighted by Crippen LogP contribution is -2.13. The zero-order valence-corrected chi connectivity index (χ0v) is 9.77. The molecule has 0 spiro atoms. The van der Waals surface area contributed by atoms with Gasteiger partial charge < -0.3 is 9.84 Å². The van der Waals surface area contributed by atoms with Gasteiger partial charge in [0.1, 0.15) is 5.75 Å². The molecule has 0 bridgehead atoms. The van der Waals surface area contributed by atoms with Crippen LogP contribution in [0.4, 0.5) is 0 Å². The van der Waals surface area contributed by atoms with Crippen molar-refractivity contribution in [3.63, 3.8) is 0 Å². The zero-order chi connectivity index (χ0) is 12.0. The molecule has 0 fully saturated rings. The van der Waals surface area contributed by atoms with Crippen LogP contribution >= 0.6 is 0 Å². The van der Waals surface area contributed by atoms with Crippen LogP contribution in [-0.4, -0.2) is 17.7 Å². The molecule has 0 radical (unpaired) electrons. The van der Waals surface area contributed by atoms with Crippen molar-refractivity contribution in [2.45, 2.75) is 26.7 Å². The molecule has 16 heavy (non-hydrogen) atoms. The van der Waals surface area contributed by atoms with Gasteiger partial charge in [-0.2, -0.15) is 0 Å². The molecular formula is C13H18O3. The first-order chi connectivity index (χ1) is 7.61. The van der Waals surface area contributed by atoms with Gasteiger partial charge in [0, 0.05) is 0 Å². The molecule has 1 atom stereocenters. The molecule has 0 aliphatic rings. The van der Waals surface area contributed by atoms with E-state index in [9.17, 15) is 4.79 Å². The predicted octanol–water partition coefficient (Wildman–Crippen LogP) is 2.52. The molecule has 1 N–H and O–H groups in total. The number of phenolic OH excluding ortho intramolecular Hbond substituents is 1. The van der Waals surface area contributed by atoms with Crippen molar-refractivity contribution in [2.75, 3.05) is 6.61 Å². The highest BCUT2D eigenvalue weighted by atomic mass is 16.5. The Bertz CT molecular complexity index is 330. The second kappa shape index (κ2) is 6.16. The largest absolute Gasteiger partial charge is 0.508 e. The summed E-state index contributed by atoms with van der Waals surface area (Å²) in [5, 5.41) is 9.08. The summed E-state index contributed by atoms with van der Waals surface area (Å²) >= 11 is 0. The van der Waals surface area contributed by atoms with Gasteiger partial charge in [0.05, 0.1) is 13.0 Å². The maximum Gasteiger partial charge on any atom is 0.310 e. The van der Waals surface area contributed by atoms with Crippen LogP contribution in [-0.2, 0) is 16.0 Å². The number of rotatable bonds is 5. The predicted molar refractivity (Wildman–Crippen MR) is 62.2 cm³/mol. The van der Waals surface area contributed by atoms with E-state index in [1.54, 1.807) is 24.3 Å². The van der Waals surface area contributed by atoms with Crippen LogP contribution in [0.1, 0.15) is 25.8 Å². The number of esters is 1. The third kappa shape index (κ3) is 4.34. The number of carbonyl (C=O) groups excluding carboxylic acids is 1. The summed E-state index contributed by atoms with van der Waals surface area (Å²) < 4.78 is 5.13. The number of carbonyl (C=O) groups is 1. The van der Waals surface area contributed by atoms with Crippen LogP contribution in [0.2, 0.25) is 0 Å². The smallest absolute Gasteiger partial charge is 0.310 e. The number of benzene rings is 1. The Kier molecular flexibility index (Phi) is 4.83. The Morgan fingerprint density at radius 2 is 2.00 bits per heavy atom. The normalized spacial score (nSPS) is 12.1. The maximum absolute atomic E-state index is 11.4. The molecule has 0 saturated heterocycles. The fourth-order valence-corrected chi connectivity index (χ4v) is 1.18. The Morgan fingerprint density at radius 1 is 1.38 bits per heavy atom. The third-order valence-electron chi connectivity index (χ3n) is 2.51. The molecular weight excluding hydrogens is 204 g/mol. The fraction of sp³-hybridized carbons (Fsp3) is 0.462. The van der Waals surface area contributed by atoms with Crippen molar-refractivity contribution in [3.8, 4) is 5.75 Å². The van der Waals surface area contributed by atoms with Crippen LogP contribution in [0.3, 0.4) is 0 Å². The van der Waals surface area contributed by atoms with E-state index in [1.807, 2.05) is 6.92 Å². The van der Waals surface area contributed by atoms with Gasteiger partial charge in [-0.1, -0.05) is 32.4 Å². The van der Waals surface area contributed by atoms with E-state index >= 15 is 0 Å². The molecule has 0 unspecified atom stereocenters. The number of hydrogen-bond acceptors (Lipinski definition) is 3. The van der Waals surface area contributed by atoms with Crippen molar-refractivity contribution < 1.29 is 14.6 Å². The van der Waals surface area contributed by atoms with Crippen molar-refractivity contribution in [1.29, 1.82) is 0 Å². The maximum atomic E-state index is 11.4. The monoisotopic (exact) mass is 222 g/mol. The summed E-state index contributed by atoms with van der Waals surface area (Å²) in [6.07, 6.45) is 1.27. The molecule has 1 aromatic rings. The van der Waals surface area contributed by atoms with Gasteiger partial charge >= 0.3 is 5.97 Å². The summed E-state index contributed by atoms with van der Waals surface area (Å²) in [7, 11) is 0. The SMILES string of the molecule is CC[C@H](C)COC(=O)Cc1ccc(O)cc1. The van der Waals surface area contributed by atoms with E-state index in [4.69, 9.17) is 9.84 Å². The first-order valence-electron chi connectivity index (χ1n) is 5.55. The summed E-state index contributed by atoms with van der Waals surface area (Å²) in [6, 6.07) is 6.58. The summed E-state index contributed by atoms with van der Waals surface area (Å²) in [5.41, 5.74) is 0.854. The van der Waals surface area contributed by atoms with Crippen LogP contribution in [0, 0.1) is 5.92 Å². The lowest BCUT2D eigenvalue weighted by molar-refractivity contribution is -0.144. The van der Waals surface area contributed by atoms with Crippen LogP contribution in [0.25, 0.3) is 0 Å². The molecule has 0 aromatic heterocycles. The Morgan fingerprint density at radius 3 is 2.56 bits per heavy atom. The van der Waals surface area contributed by atoms with Crippen molar-refractivity contribution in [3.05, 3.63) is 29.8 Å². The molecule has 0 heterocycles. The number of aromatic hydroxyl groups is 1. The lowest BCUT2D eigenvalue weighted by atomic mass is 10.1. The van der Waals surface area contributed by atoms with Crippen LogP contribution < -0.4 is 0 Å². The molecule has 1 rings (SSSR count). The minimum absolute atomic E-state index is 0.205. The van der Waals surface area contributed by atoms with Gasteiger partial charge in [0.15, 0.2) is 0 Å². The summed E-state index contributed by atoms with van der Waals surface area (Å²) in [4.78, 5) is 11.4. The van der Waals surface area contributed by atoms with Crippen molar-refractivity contribution in [2.24, 2.45) is 5.92 Å². The first-order valence-corrected chi connectivity index (χ1v) is 5.55. The van der Waals surface area contributed by atoms with Crippen molar-refractivity contribution in [1.82, 2.24) is 0 Å². The van der Waals surface area contributed by atoms with E-state index in [0.717, 1.165) is 12.0 Å². The second-order valence-electron chi connectivity index (χ2n) is 4.04. The molecule has 88 valence electrons. The van der Waals surface area contributed by atoms with E-state index in [1.165, 1.54) is 0 Å². The fourth-order valence-electron chi connectivity index (χ4n) is 1.18. The molecule has 3 nitrogen and oxygen atoms in total. The molecule has 0 aliphatic carbocycles. The average Bonchev–Trinajstić information content (AvgIpc) is 2.29. The standard InChI is InChI=1S/C13H18O3/c1-3-10(2)9-16-13(15)8-11-4-6-12(14)7-5-11/h4-7,10,14H,3,8-9H2,1-2H3/t10-/m0/s1. The van der Waals surface area contributed by atoms with Gasteiger partial charge in [-0.15, -0.1) is 0 Å². The minimum Gasteiger partial charge on any atom is -0.508 e. The minimum atomic E-state index is -0.217. The molecule has 0 amide bonds. The lowest BCUT2D eigenvalue weighted by Gasteiger charge is -2.09. The van der Waals surface area contributed by atoms with Gasteiger partial charge in [-0.05, 0) is 23.6 Å². The zero-order valence-electron chi connectivity index (χ0n) is 9.77. The molecule has 1 aromatic carbocycles. The van der Waals surface area contributed by atoms with E-state index in [0.29, 0.717) is 12.5 Å². The first kappa shape index (κ1) is 12.6. The van der Waals surface area contributed by atoms with E-state index in [-0.39, 0.29) is 18.1 Å². The Labute approximate surface area is 96.1 Å². The highest BCUT2D eigenvalue weighted by molar-refractivity contribution is 5.72. The average molecular weight is 222 g/mol. The molecule has 3 heteroatoms. The summed E-state index contributed by atoms with van der Waals surface area (Å²) in [6.45, 7) is 4.60. The van der Waals surface area contributed by atoms with E-state index in [2.05, 4.69) is 6.92 Å². The van der Waals surface area contributed by atoms with Gasteiger partial charge in [0.2, 0.25) is 0 Å². The van der Waals surface area contributed by atoms with E-state index < -0.39 is 0 Å². The Hall–Kier alpha value is -1.51. The second-order valence-corrected chi connectivity index (χ2v) is 4.04. The number of ether oxygens (including phenoxy) is 1. The van der Waals surface area contributed by atoms with Gasteiger partial charge in [-0.25, -0.2) is 0 Å². The quantitative estimate of drug-likeness (QED) is 0.779. The topological polar surface area (TPSA) is 46.5 Å². The molecule has 0 saturated carbocycles. The Balaban J connectivity index is 2.37.